The lowest BCUT2D eigenvalue weighted by Crippen LogP contribution is -2.17. The van der Waals surface area contributed by atoms with Crippen molar-refractivity contribution in [3.05, 3.63) is 45.2 Å². The summed E-state index contributed by atoms with van der Waals surface area (Å²) in [6.45, 7) is 2.89. The number of ether oxygens (including phenoxy) is 1. The number of nitrogens with one attached hydrogen (secondary N) is 1. The first-order valence-electron chi connectivity index (χ1n) is 5.65. The van der Waals surface area contributed by atoms with Crippen LogP contribution in [0.4, 0.5) is 0 Å². The van der Waals surface area contributed by atoms with E-state index in [2.05, 4.69) is 22.6 Å². The normalized spacial score (nSPS) is 12.4. The molecule has 0 radical (unpaired) electrons. The fourth-order valence-electron chi connectivity index (χ4n) is 1.58. The first-order valence-corrected chi connectivity index (χ1v) is 6.91. The SMILES string of the molecule is COc1ccc(CNC(C)c2csc(Cl)c2)cn1. The number of nitrogens with zero attached hydrogens (tertiary/aromatic N) is 1. The molecule has 0 bridgehead atoms. The smallest absolute Gasteiger partial charge is 0.212 e. The average molecular weight is 283 g/mol. The summed E-state index contributed by atoms with van der Waals surface area (Å²) in [5.74, 6) is 0.636. The van der Waals surface area contributed by atoms with Crippen LogP contribution >= 0.6 is 22.9 Å². The van der Waals surface area contributed by atoms with Gasteiger partial charge in [-0.25, -0.2) is 4.98 Å². The summed E-state index contributed by atoms with van der Waals surface area (Å²) in [6, 6.07) is 6.14. The molecule has 18 heavy (non-hydrogen) atoms. The summed E-state index contributed by atoms with van der Waals surface area (Å²) < 4.78 is 5.85. The minimum atomic E-state index is 0.274. The van der Waals surface area contributed by atoms with Gasteiger partial charge in [-0.2, -0.15) is 0 Å². The van der Waals surface area contributed by atoms with E-state index in [4.69, 9.17) is 16.3 Å². The van der Waals surface area contributed by atoms with Gasteiger partial charge in [0.25, 0.3) is 0 Å². The van der Waals surface area contributed by atoms with Crippen molar-refractivity contribution < 1.29 is 4.74 Å². The Labute approximate surface area is 116 Å². The first-order chi connectivity index (χ1) is 8.69. The van der Waals surface area contributed by atoms with Crippen LogP contribution in [-0.2, 0) is 6.54 Å². The Morgan fingerprint density at radius 2 is 2.33 bits per heavy atom. The van der Waals surface area contributed by atoms with E-state index in [-0.39, 0.29) is 6.04 Å². The fraction of sp³-hybridized carbons (Fsp3) is 0.308. The second kappa shape index (κ2) is 6.18. The molecule has 2 rings (SSSR count). The molecule has 0 aliphatic rings. The molecule has 0 aromatic carbocycles. The van der Waals surface area contributed by atoms with Crippen LogP contribution in [0.25, 0.3) is 0 Å². The van der Waals surface area contributed by atoms with Crippen LogP contribution in [0.1, 0.15) is 24.1 Å². The Morgan fingerprint density at radius 3 is 2.89 bits per heavy atom. The third-order valence-corrected chi connectivity index (χ3v) is 3.82. The number of pyridine rings is 1. The van der Waals surface area contributed by atoms with Gasteiger partial charge in [0.1, 0.15) is 0 Å². The van der Waals surface area contributed by atoms with E-state index >= 15 is 0 Å². The van der Waals surface area contributed by atoms with Gasteiger partial charge in [0.2, 0.25) is 5.88 Å². The maximum absolute atomic E-state index is 5.92. The molecule has 2 aromatic rings. The zero-order chi connectivity index (χ0) is 13.0. The van der Waals surface area contributed by atoms with Gasteiger partial charge in [0, 0.05) is 24.8 Å². The van der Waals surface area contributed by atoms with Crippen molar-refractivity contribution in [1.82, 2.24) is 10.3 Å². The average Bonchev–Trinajstić information content (AvgIpc) is 2.83. The highest BCUT2D eigenvalue weighted by atomic mass is 35.5. The van der Waals surface area contributed by atoms with Crippen LogP contribution in [0.3, 0.4) is 0 Å². The summed E-state index contributed by atoms with van der Waals surface area (Å²) >= 11 is 7.48. The highest BCUT2D eigenvalue weighted by Gasteiger charge is 2.07. The molecule has 0 amide bonds. The molecule has 5 heteroatoms. The largest absolute Gasteiger partial charge is 0.481 e. The van der Waals surface area contributed by atoms with Crippen LogP contribution in [0.2, 0.25) is 4.34 Å². The van der Waals surface area contributed by atoms with E-state index in [1.807, 2.05) is 24.4 Å². The third-order valence-electron chi connectivity index (χ3n) is 2.71. The molecule has 0 fully saturated rings. The van der Waals surface area contributed by atoms with E-state index in [0.29, 0.717) is 5.88 Å². The lowest BCUT2D eigenvalue weighted by Gasteiger charge is -2.12. The van der Waals surface area contributed by atoms with Crippen LogP contribution in [0.5, 0.6) is 5.88 Å². The molecule has 1 N–H and O–H groups in total. The molecular weight excluding hydrogens is 268 g/mol. The summed E-state index contributed by atoms with van der Waals surface area (Å²) in [7, 11) is 1.61. The maximum atomic E-state index is 5.92. The first kappa shape index (κ1) is 13.3. The quantitative estimate of drug-likeness (QED) is 0.909. The predicted molar refractivity (Wildman–Crippen MR) is 75.4 cm³/mol. The number of hydrogen-bond donors (Lipinski definition) is 1. The molecule has 3 nitrogen and oxygen atoms in total. The molecule has 0 saturated heterocycles. The third kappa shape index (κ3) is 3.45. The van der Waals surface area contributed by atoms with Crippen molar-refractivity contribution in [3.8, 4) is 5.88 Å². The van der Waals surface area contributed by atoms with Gasteiger partial charge in [-0.05, 0) is 29.5 Å². The Bertz CT molecular complexity index is 498. The van der Waals surface area contributed by atoms with Gasteiger partial charge in [-0.15, -0.1) is 11.3 Å². The summed E-state index contributed by atoms with van der Waals surface area (Å²) in [6.07, 6.45) is 1.82. The Hall–Kier alpha value is -1.10. The minimum Gasteiger partial charge on any atom is -0.481 e. The van der Waals surface area contributed by atoms with Gasteiger partial charge in [-0.3, -0.25) is 0 Å². The molecule has 0 aliphatic heterocycles. The molecule has 0 spiro atoms. The lowest BCUT2D eigenvalue weighted by molar-refractivity contribution is 0.397. The number of aromatic nitrogens is 1. The molecule has 2 heterocycles. The summed E-state index contributed by atoms with van der Waals surface area (Å²) in [5, 5.41) is 5.51. The molecule has 0 saturated carbocycles. The van der Waals surface area contributed by atoms with Crippen LogP contribution < -0.4 is 10.1 Å². The summed E-state index contributed by atoms with van der Waals surface area (Å²) in [5.41, 5.74) is 2.34. The van der Waals surface area contributed by atoms with Gasteiger partial charge in [-0.1, -0.05) is 17.7 Å². The molecule has 1 unspecified atom stereocenters. The highest BCUT2D eigenvalue weighted by Crippen LogP contribution is 2.24. The van der Waals surface area contributed by atoms with Crippen LogP contribution in [0.15, 0.2) is 29.8 Å². The number of rotatable bonds is 5. The van der Waals surface area contributed by atoms with Crippen molar-refractivity contribution in [1.29, 1.82) is 0 Å². The van der Waals surface area contributed by atoms with Crippen molar-refractivity contribution in [2.24, 2.45) is 0 Å². The van der Waals surface area contributed by atoms with Crippen molar-refractivity contribution in [2.45, 2.75) is 19.5 Å². The molecule has 1 atom stereocenters. The van der Waals surface area contributed by atoms with Crippen molar-refractivity contribution in [3.63, 3.8) is 0 Å². The monoisotopic (exact) mass is 282 g/mol. The second-order valence-electron chi connectivity index (χ2n) is 4.00. The van der Waals surface area contributed by atoms with E-state index in [1.54, 1.807) is 18.4 Å². The molecule has 2 aromatic heterocycles. The van der Waals surface area contributed by atoms with Gasteiger partial charge in [0.15, 0.2) is 0 Å². The highest BCUT2D eigenvalue weighted by molar-refractivity contribution is 7.14. The van der Waals surface area contributed by atoms with Crippen LogP contribution in [0, 0.1) is 0 Å². The Morgan fingerprint density at radius 1 is 1.50 bits per heavy atom. The number of hydrogen-bond acceptors (Lipinski definition) is 4. The number of methoxy groups -OCH3 is 1. The molecule has 0 aliphatic carbocycles. The van der Waals surface area contributed by atoms with E-state index in [9.17, 15) is 0 Å². The van der Waals surface area contributed by atoms with Crippen molar-refractivity contribution >= 4 is 22.9 Å². The maximum Gasteiger partial charge on any atom is 0.212 e. The van der Waals surface area contributed by atoms with Gasteiger partial charge < -0.3 is 10.1 Å². The van der Waals surface area contributed by atoms with Crippen molar-refractivity contribution in [2.75, 3.05) is 7.11 Å². The fourth-order valence-corrected chi connectivity index (χ4v) is 2.56. The molecule has 96 valence electrons. The summed E-state index contributed by atoms with van der Waals surface area (Å²) in [4.78, 5) is 4.17. The Balaban J connectivity index is 1.90. The zero-order valence-corrected chi connectivity index (χ0v) is 11.9. The van der Waals surface area contributed by atoms with E-state index < -0.39 is 0 Å². The second-order valence-corrected chi connectivity index (χ2v) is 5.54. The molecular formula is C13H15ClN2OS. The topological polar surface area (TPSA) is 34.1 Å². The van der Waals surface area contributed by atoms with Crippen LogP contribution in [-0.4, -0.2) is 12.1 Å². The lowest BCUT2D eigenvalue weighted by atomic mass is 10.1. The number of thiophene rings is 1. The standard InChI is InChI=1S/C13H15ClN2OS/c1-9(11-5-12(14)18-8-11)15-6-10-3-4-13(17-2)16-7-10/h3-5,7-9,15H,6H2,1-2H3. The van der Waals surface area contributed by atoms with Gasteiger partial charge in [0.05, 0.1) is 11.4 Å². The van der Waals surface area contributed by atoms with E-state index in [1.165, 1.54) is 5.56 Å². The Kier molecular flexibility index (Phi) is 4.58. The van der Waals surface area contributed by atoms with E-state index in [0.717, 1.165) is 16.4 Å². The number of halogens is 1. The zero-order valence-electron chi connectivity index (χ0n) is 10.3. The minimum absolute atomic E-state index is 0.274. The van der Waals surface area contributed by atoms with Gasteiger partial charge >= 0.3 is 0 Å². The predicted octanol–water partition coefficient (Wildman–Crippen LogP) is 3.66.